The second kappa shape index (κ2) is 15.6. The summed E-state index contributed by atoms with van der Waals surface area (Å²) < 4.78 is 20.2. The maximum atomic E-state index is 14.4. The molecule has 44 heavy (non-hydrogen) atoms. The molecule has 0 aliphatic rings. The van der Waals surface area contributed by atoms with E-state index < -0.39 is 53.0 Å². The van der Waals surface area contributed by atoms with Crippen LogP contribution in [0.5, 0.6) is 5.75 Å². The van der Waals surface area contributed by atoms with Crippen LogP contribution in [0.1, 0.15) is 44.4 Å². The van der Waals surface area contributed by atoms with Crippen LogP contribution in [-0.2, 0) is 25.7 Å². The highest BCUT2D eigenvalue weighted by Gasteiger charge is 2.33. The lowest BCUT2D eigenvalue weighted by molar-refractivity contribution is -0.137. The fourth-order valence-electron chi connectivity index (χ4n) is 3.73. The minimum absolute atomic E-state index is 0.0959. The van der Waals surface area contributed by atoms with Gasteiger partial charge >= 0.3 is 0 Å². The Kier molecular flexibility index (Phi) is 12.6. The van der Waals surface area contributed by atoms with E-state index in [1.54, 1.807) is 58.0 Å². The van der Waals surface area contributed by atoms with Crippen LogP contribution in [0.2, 0.25) is 0 Å². The third-order valence-electron chi connectivity index (χ3n) is 6.37. The molecule has 0 fully saturated rings. The number of carbonyl (C=O) groups excluding carboxylic acids is 4. The zero-order valence-electron chi connectivity index (χ0n) is 26.0. The van der Waals surface area contributed by atoms with E-state index >= 15 is 0 Å². The third-order valence-corrected chi connectivity index (χ3v) is 6.37. The molecule has 4 amide bonds. The second-order valence-corrected chi connectivity index (χ2v) is 11.6. The van der Waals surface area contributed by atoms with Crippen LogP contribution in [0.3, 0.4) is 0 Å². The molecule has 0 aliphatic heterocycles. The van der Waals surface area contributed by atoms with Crippen LogP contribution in [0.4, 0.5) is 4.39 Å². The van der Waals surface area contributed by atoms with Crippen LogP contribution in [0.25, 0.3) is 6.08 Å². The number of aliphatic hydroxyl groups excluding tert-OH is 1. The smallest absolute Gasteiger partial charge is 0.264 e. The fourth-order valence-corrected chi connectivity index (χ4v) is 3.73. The molecule has 3 atom stereocenters. The summed E-state index contributed by atoms with van der Waals surface area (Å²) in [5.41, 5.74) is 0.472. The van der Waals surface area contributed by atoms with Crippen LogP contribution in [0, 0.1) is 29.5 Å². The summed E-state index contributed by atoms with van der Waals surface area (Å²) in [5.74, 6) is -2.74. The van der Waals surface area contributed by atoms with Gasteiger partial charge in [-0.25, -0.2) is 4.39 Å². The molecule has 0 saturated carbocycles. The number of rotatable bonds is 12. The lowest BCUT2D eigenvalue weighted by Gasteiger charge is -2.27. The van der Waals surface area contributed by atoms with Crippen LogP contribution >= 0.6 is 0 Å². The molecule has 2 rings (SSSR count). The monoisotopic (exact) mass is 609 g/mol. The number of likely N-dealkylation sites (N-methyl/N-ethyl adjacent to an activating group) is 1. The number of nitriles is 1. The summed E-state index contributed by atoms with van der Waals surface area (Å²) in [4.78, 5) is 52.5. The standard InChI is InChI=1S/C32H40FN5O6/c1-19-11-12-22(25(33)13-19)17-35-28(40)26(36-29(41)27(20(2)39)37-31(43)32(3,4)5)18-44-24-10-8-9-21(15-24)14-23(16-34)30(42)38(6)7/h8-15,20,26-27,39H,17-18H2,1-7H3,(H,35,40)(H,36,41)(H,37,43)/t20-,26?,27+/m1/s1. The van der Waals surface area contributed by atoms with Crippen LogP contribution < -0.4 is 20.7 Å². The van der Waals surface area contributed by atoms with Gasteiger partial charge in [0.25, 0.3) is 5.91 Å². The minimum Gasteiger partial charge on any atom is -0.491 e. The SMILES string of the molecule is Cc1ccc(CNC(=O)C(COc2cccc(C=C(C#N)C(=O)N(C)C)c2)NC(=O)[C@@H](NC(=O)C(C)(C)C)[C@@H](C)O)c(F)c1. The lowest BCUT2D eigenvalue weighted by atomic mass is 9.94. The highest BCUT2D eigenvalue weighted by molar-refractivity contribution is 6.01. The maximum Gasteiger partial charge on any atom is 0.264 e. The first kappa shape index (κ1) is 35.4. The van der Waals surface area contributed by atoms with E-state index in [0.717, 1.165) is 0 Å². The molecule has 11 nitrogen and oxygen atoms in total. The zero-order valence-corrected chi connectivity index (χ0v) is 26.0. The number of carbonyl (C=O) groups is 4. The van der Waals surface area contributed by atoms with Crippen molar-refractivity contribution in [3.63, 3.8) is 0 Å². The van der Waals surface area contributed by atoms with Gasteiger partial charge in [0.1, 0.15) is 41.9 Å². The average Bonchev–Trinajstić information content (AvgIpc) is 2.94. The number of nitrogens with one attached hydrogen (secondary N) is 3. The van der Waals surface area contributed by atoms with Gasteiger partial charge in [0.05, 0.1) is 6.10 Å². The van der Waals surface area contributed by atoms with Crippen LogP contribution in [0.15, 0.2) is 48.0 Å². The number of hydrogen-bond donors (Lipinski definition) is 4. The maximum absolute atomic E-state index is 14.4. The predicted octanol–water partition coefficient (Wildman–Crippen LogP) is 2.22. The summed E-state index contributed by atoms with van der Waals surface area (Å²) in [6, 6.07) is 10.1. The summed E-state index contributed by atoms with van der Waals surface area (Å²) in [7, 11) is 3.05. The predicted molar refractivity (Wildman–Crippen MR) is 162 cm³/mol. The van der Waals surface area contributed by atoms with Gasteiger partial charge in [-0.1, -0.05) is 45.0 Å². The van der Waals surface area contributed by atoms with Crippen molar-refractivity contribution in [3.05, 3.63) is 70.5 Å². The number of benzene rings is 2. The van der Waals surface area contributed by atoms with E-state index in [1.807, 2.05) is 6.07 Å². The first-order chi connectivity index (χ1) is 20.5. The molecule has 0 aliphatic carbocycles. The highest BCUT2D eigenvalue weighted by atomic mass is 19.1. The Morgan fingerprint density at radius 2 is 1.77 bits per heavy atom. The summed E-state index contributed by atoms with van der Waals surface area (Å²) in [6.45, 7) is 7.44. The van der Waals surface area contributed by atoms with Crippen molar-refractivity contribution in [2.75, 3.05) is 20.7 Å². The van der Waals surface area contributed by atoms with Gasteiger partial charge in [0.15, 0.2) is 0 Å². The Labute approximate surface area is 257 Å². The largest absolute Gasteiger partial charge is 0.491 e. The average molecular weight is 610 g/mol. The van der Waals surface area contributed by atoms with E-state index in [-0.39, 0.29) is 30.0 Å². The van der Waals surface area contributed by atoms with Crippen molar-refractivity contribution < 1.29 is 33.4 Å². The molecule has 0 bridgehead atoms. The van der Waals surface area contributed by atoms with Crippen molar-refractivity contribution in [2.45, 2.75) is 59.4 Å². The topological polar surface area (TPSA) is 161 Å². The first-order valence-electron chi connectivity index (χ1n) is 13.9. The molecule has 2 aromatic rings. The lowest BCUT2D eigenvalue weighted by Crippen LogP contribution is -2.59. The quantitative estimate of drug-likeness (QED) is 0.212. The molecule has 0 spiro atoms. The minimum atomic E-state index is -1.38. The Hall–Kier alpha value is -4.76. The third kappa shape index (κ3) is 10.5. The Morgan fingerprint density at radius 3 is 2.34 bits per heavy atom. The number of ether oxygens (including phenoxy) is 1. The second-order valence-electron chi connectivity index (χ2n) is 11.6. The van der Waals surface area contributed by atoms with Crippen molar-refractivity contribution in [2.24, 2.45) is 5.41 Å². The van der Waals surface area contributed by atoms with Gasteiger partial charge in [-0.15, -0.1) is 0 Å². The Balaban J connectivity index is 2.30. The molecular formula is C32H40FN5O6. The number of halogens is 1. The van der Waals surface area contributed by atoms with Gasteiger partial charge in [0.2, 0.25) is 17.7 Å². The molecule has 12 heteroatoms. The molecule has 1 unspecified atom stereocenters. The molecule has 0 saturated heterocycles. The molecule has 2 aromatic carbocycles. The first-order valence-corrected chi connectivity index (χ1v) is 13.9. The van der Waals surface area contributed by atoms with Crippen molar-refractivity contribution in [1.82, 2.24) is 20.9 Å². The molecule has 0 radical (unpaired) electrons. The molecule has 0 aromatic heterocycles. The van der Waals surface area contributed by atoms with Gasteiger partial charge in [-0.05, 0) is 49.2 Å². The highest BCUT2D eigenvalue weighted by Crippen LogP contribution is 2.18. The number of nitrogens with zero attached hydrogens (tertiary/aromatic N) is 2. The van der Waals surface area contributed by atoms with E-state index in [2.05, 4.69) is 16.0 Å². The number of aryl methyl sites for hydroxylation is 1. The van der Waals surface area contributed by atoms with E-state index in [9.17, 15) is 33.9 Å². The van der Waals surface area contributed by atoms with Crippen molar-refractivity contribution in [1.29, 1.82) is 5.26 Å². The van der Waals surface area contributed by atoms with E-state index in [1.165, 1.54) is 44.1 Å². The van der Waals surface area contributed by atoms with Gasteiger partial charge in [0, 0.05) is 31.6 Å². The van der Waals surface area contributed by atoms with E-state index in [4.69, 9.17) is 4.74 Å². The van der Waals surface area contributed by atoms with Gasteiger partial charge in [-0.3, -0.25) is 19.2 Å². The zero-order chi connectivity index (χ0) is 33.2. The van der Waals surface area contributed by atoms with Crippen molar-refractivity contribution >= 4 is 29.7 Å². The van der Waals surface area contributed by atoms with Gasteiger partial charge < -0.3 is 30.7 Å². The molecule has 236 valence electrons. The number of amides is 4. The molecular weight excluding hydrogens is 569 g/mol. The van der Waals surface area contributed by atoms with E-state index in [0.29, 0.717) is 11.1 Å². The normalized spacial score (nSPS) is 13.5. The van der Waals surface area contributed by atoms with Crippen molar-refractivity contribution in [3.8, 4) is 11.8 Å². The number of hydrogen-bond acceptors (Lipinski definition) is 7. The Morgan fingerprint density at radius 1 is 1.09 bits per heavy atom. The summed E-state index contributed by atoms with van der Waals surface area (Å²) in [6.07, 6.45) is 0.0952. The fraction of sp³-hybridized carbons (Fsp3) is 0.406. The van der Waals surface area contributed by atoms with Gasteiger partial charge in [-0.2, -0.15) is 5.26 Å². The summed E-state index contributed by atoms with van der Waals surface area (Å²) >= 11 is 0. The Bertz CT molecular complexity index is 1440. The summed E-state index contributed by atoms with van der Waals surface area (Å²) in [5, 5.41) is 27.3. The number of aliphatic hydroxyl groups is 1. The molecule has 4 N–H and O–H groups in total. The van der Waals surface area contributed by atoms with Crippen LogP contribution in [-0.4, -0.2) is 72.5 Å². The molecule has 0 heterocycles.